The molecular formula is C15H24N2O2. The Hall–Kier alpha value is -1.03. The second-order valence-corrected chi connectivity index (χ2v) is 5.75. The Morgan fingerprint density at radius 3 is 2.79 bits per heavy atom. The fraction of sp³-hybridized carbons (Fsp3) is 0.800. The normalized spacial score (nSPS) is 25.4. The lowest BCUT2D eigenvalue weighted by molar-refractivity contribution is -0.0111. The monoisotopic (exact) mass is 264 g/mol. The first-order chi connectivity index (χ1) is 9.42. The molecule has 1 saturated carbocycles. The second-order valence-electron chi connectivity index (χ2n) is 5.75. The highest BCUT2D eigenvalue weighted by molar-refractivity contribution is 5.12. The van der Waals surface area contributed by atoms with Crippen molar-refractivity contribution in [3.63, 3.8) is 0 Å². The highest BCUT2D eigenvalue weighted by Gasteiger charge is 2.17. The fourth-order valence-corrected chi connectivity index (χ4v) is 3.07. The molecule has 2 heterocycles. The Morgan fingerprint density at radius 2 is 2.00 bits per heavy atom. The van der Waals surface area contributed by atoms with E-state index in [1.807, 2.05) is 6.20 Å². The van der Waals surface area contributed by atoms with E-state index in [1.165, 1.54) is 44.9 Å². The maximum atomic E-state index is 5.81. The van der Waals surface area contributed by atoms with Crippen LogP contribution in [0.4, 0.5) is 0 Å². The summed E-state index contributed by atoms with van der Waals surface area (Å²) in [5.74, 6) is 0.889. The van der Waals surface area contributed by atoms with E-state index in [0.717, 1.165) is 18.8 Å². The van der Waals surface area contributed by atoms with Gasteiger partial charge in [0.1, 0.15) is 6.61 Å². The second kappa shape index (κ2) is 6.42. The van der Waals surface area contributed by atoms with Gasteiger partial charge in [0.2, 0.25) is 0 Å². The highest BCUT2D eigenvalue weighted by atomic mass is 16.5. The lowest BCUT2D eigenvalue weighted by Crippen LogP contribution is -2.25. The molecule has 1 atom stereocenters. The van der Waals surface area contributed by atoms with E-state index in [4.69, 9.17) is 9.47 Å². The Balaban J connectivity index is 1.49. The summed E-state index contributed by atoms with van der Waals surface area (Å²) in [5, 5.41) is 4.45. The number of hydrogen-bond acceptors (Lipinski definition) is 3. The van der Waals surface area contributed by atoms with E-state index in [9.17, 15) is 0 Å². The van der Waals surface area contributed by atoms with Crippen LogP contribution in [0, 0.1) is 0 Å². The highest BCUT2D eigenvalue weighted by Crippen LogP contribution is 2.28. The van der Waals surface area contributed by atoms with Crippen molar-refractivity contribution in [2.45, 2.75) is 63.5 Å². The van der Waals surface area contributed by atoms with Crippen LogP contribution in [-0.4, -0.2) is 29.1 Å². The molecule has 1 saturated heterocycles. The zero-order chi connectivity index (χ0) is 12.9. The molecule has 1 aliphatic carbocycles. The Bertz CT molecular complexity index is 379. The van der Waals surface area contributed by atoms with Crippen LogP contribution in [0.5, 0.6) is 5.75 Å². The lowest BCUT2D eigenvalue weighted by Gasteiger charge is -2.22. The van der Waals surface area contributed by atoms with Gasteiger partial charge in [-0.1, -0.05) is 19.3 Å². The number of nitrogens with zero attached hydrogens (tertiary/aromatic N) is 2. The van der Waals surface area contributed by atoms with Crippen LogP contribution in [0.3, 0.4) is 0 Å². The quantitative estimate of drug-likeness (QED) is 0.837. The van der Waals surface area contributed by atoms with E-state index >= 15 is 0 Å². The molecule has 1 aromatic rings. The van der Waals surface area contributed by atoms with Gasteiger partial charge in [-0.05, 0) is 32.1 Å². The first-order valence-corrected chi connectivity index (χ1v) is 7.70. The van der Waals surface area contributed by atoms with Crippen LogP contribution in [0.25, 0.3) is 0 Å². The van der Waals surface area contributed by atoms with Gasteiger partial charge < -0.3 is 9.47 Å². The van der Waals surface area contributed by atoms with Crippen molar-refractivity contribution in [3.05, 3.63) is 12.4 Å². The van der Waals surface area contributed by atoms with Crippen molar-refractivity contribution in [2.24, 2.45) is 0 Å². The smallest absolute Gasteiger partial charge is 0.157 e. The first-order valence-electron chi connectivity index (χ1n) is 7.70. The molecule has 1 aromatic heterocycles. The third-order valence-electron chi connectivity index (χ3n) is 4.24. The molecule has 0 spiro atoms. The maximum absolute atomic E-state index is 5.81. The molecule has 0 amide bonds. The maximum Gasteiger partial charge on any atom is 0.157 e. The van der Waals surface area contributed by atoms with Crippen LogP contribution in [-0.2, 0) is 4.74 Å². The Labute approximate surface area is 115 Å². The van der Waals surface area contributed by atoms with Gasteiger partial charge in [0, 0.05) is 6.61 Å². The average Bonchev–Trinajstić information content (AvgIpc) is 2.96. The Morgan fingerprint density at radius 1 is 1.16 bits per heavy atom. The molecule has 4 heteroatoms. The molecule has 19 heavy (non-hydrogen) atoms. The SMILES string of the molecule is c1nn(C2CCCCC2)cc1OCC1CCCCO1. The van der Waals surface area contributed by atoms with Crippen molar-refractivity contribution in [2.75, 3.05) is 13.2 Å². The van der Waals surface area contributed by atoms with Crippen LogP contribution >= 0.6 is 0 Å². The van der Waals surface area contributed by atoms with Crippen molar-refractivity contribution >= 4 is 0 Å². The van der Waals surface area contributed by atoms with Crippen molar-refractivity contribution < 1.29 is 9.47 Å². The van der Waals surface area contributed by atoms with Gasteiger partial charge in [0.25, 0.3) is 0 Å². The number of aromatic nitrogens is 2. The van der Waals surface area contributed by atoms with Gasteiger partial charge in [-0.2, -0.15) is 5.10 Å². The van der Waals surface area contributed by atoms with E-state index in [2.05, 4.69) is 16.0 Å². The third kappa shape index (κ3) is 3.50. The molecule has 0 aromatic carbocycles. The molecule has 0 bridgehead atoms. The van der Waals surface area contributed by atoms with Crippen LogP contribution < -0.4 is 4.74 Å². The summed E-state index contributed by atoms with van der Waals surface area (Å²) in [5.41, 5.74) is 0. The van der Waals surface area contributed by atoms with Gasteiger partial charge in [-0.3, -0.25) is 4.68 Å². The summed E-state index contributed by atoms with van der Waals surface area (Å²) in [6.45, 7) is 1.55. The molecule has 2 fully saturated rings. The summed E-state index contributed by atoms with van der Waals surface area (Å²) in [4.78, 5) is 0. The third-order valence-corrected chi connectivity index (χ3v) is 4.24. The van der Waals surface area contributed by atoms with E-state index in [1.54, 1.807) is 0 Å². The molecule has 106 valence electrons. The predicted octanol–water partition coefficient (Wildman–Crippen LogP) is 3.34. The minimum absolute atomic E-state index is 0.270. The minimum Gasteiger partial charge on any atom is -0.488 e. The fourth-order valence-electron chi connectivity index (χ4n) is 3.07. The lowest BCUT2D eigenvalue weighted by atomic mass is 9.96. The Kier molecular flexibility index (Phi) is 4.38. The molecule has 1 aliphatic heterocycles. The van der Waals surface area contributed by atoms with Crippen molar-refractivity contribution in [1.82, 2.24) is 9.78 Å². The van der Waals surface area contributed by atoms with E-state index < -0.39 is 0 Å². The van der Waals surface area contributed by atoms with Gasteiger partial charge >= 0.3 is 0 Å². The molecule has 1 unspecified atom stereocenters. The van der Waals surface area contributed by atoms with Crippen LogP contribution in [0.1, 0.15) is 57.4 Å². The number of rotatable bonds is 4. The van der Waals surface area contributed by atoms with Crippen LogP contribution in [0.2, 0.25) is 0 Å². The number of hydrogen-bond donors (Lipinski definition) is 0. The summed E-state index contributed by atoms with van der Waals surface area (Å²) in [7, 11) is 0. The summed E-state index contributed by atoms with van der Waals surface area (Å²) < 4.78 is 13.6. The molecule has 3 rings (SSSR count). The van der Waals surface area contributed by atoms with E-state index in [-0.39, 0.29) is 6.10 Å². The number of ether oxygens (including phenoxy) is 2. The molecule has 0 radical (unpaired) electrons. The van der Waals surface area contributed by atoms with Gasteiger partial charge in [0.15, 0.2) is 5.75 Å². The summed E-state index contributed by atoms with van der Waals surface area (Å²) in [6, 6.07) is 0.581. The predicted molar refractivity (Wildman–Crippen MR) is 73.4 cm³/mol. The zero-order valence-corrected chi connectivity index (χ0v) is 11.6. The van der Waals surface area contributed by atoms with Gasteiger partial charge in [-0.25, -0.2) is 0 Å². The molecule has 4 nitrogen and oxygen atoms in total. The van der Waals surface area contributed by atoms with Gasteiger partial charge in [-0.15, -0.1) is 0 Å². The largest absolute Gasteiger partial charge is 0.488 e. The zero-order valence-electron chi connectivity index (χ0n) is 11.6. The topological polar surface area (TPSA) is 36.3 Å². The first kappa shape index (κ1) is 13.0. The average molecular weight is 264 g/mol. The molecule has 0 N–H and O–H groups in total. The van der Waals surface area contributed by atoms with E-state index in [0.29, 0.717) is 12.6 Å². The van der Waals surface area contributed by atoms with Crippen molar-refractivity contribution in [3.8, 4) is 5.75 Å². The summed E-state index contributed by atoms with van der Waals surface area (Å²) >= 11 is 0. The van der Waals surface area contributed by atoms with Gasteiger partial charge in [0.05, 0.1) is 24.5 Å². The standard InChI is InChI=1S/C15H24N2O2/c1-2-6-13(7-3-1)17-11-15(10-16-17)19-12-14-8-4-5-9-18-14/h10-11,13-14H,1-9,12H2. The van der Waals surface area contributed by atoms with Crippen molar-refractivity contribution in [1.29, 1.82) is 0 Å². The summed E-state index contributed by atoms with van der Waals surface area (Å²) in [6.07, 6.45) is 14.3. The molecular weight excluding hydrogens is 240 g/mol. The molecule has 2 aliphatic rings. The minimum atomic E-state index is 0.270. The van der Waals surface area contributed by atoms with Crippen LogP contribution in [0.15, 0.2) is 12.4 Å².